The Bertz CT molecular complexity index is 1730. The SMILES string of the molecule is CCCCOC(=O)c1ccc(N(Cc2c(F)c(F)c(F)c(F)c2F)C(=O)CN(C)S(=O)(=O)c2c(C)cc(C)cc2C)cc1OCCCC. The number of ether oxygens (including phenoxy) is 2. The van der Waals surface area contributed by atoms with Crippen molar-refractivity contribution in [3.05, 3.63) is 87.2 Å². The number of rotatable bonds is 15. The largest absolute Gasteiger partial charge is 0.493 e. The van der Waals surface area contributed by atoms with Crippen LogP contribution in [0.1, 0.15) is 72.1 Å². The fourth-order valence-electron chi connectivity index (χ4n) is 5.04. The van der Waals surface area contributed by atoms with Crippen molar-refractivity contribution in [1.82, 2.24) is 4.31 Å². The fourth-order valence-corrected chi connectivity index (χ4v) is 6.57. The van der Waals surface area contributed by atoms with Crippen molar-refractivity contribution in [2.24, 2.45) is 0 Å². The molecule has 262 valence electrons. The molecule has 0 aliphatic rings. The van der Waals surface area contributed by atoms with Crippen molar-refractivity contribution in [2.75, 3.05) is 31.7 Å². The summed E-state index contributed by atoms with van der Waals surface area (Å²) >= 11 is 0. The molecular weight excluding hydrogens is 659 g/mol. The van der Waals surface area contributed by atoms with Crippen molar-refractivity contribution >= 4 is 27.6 Å². The number of hydrogen-bond acceptors (Lipinski definition) is 6. The average molecular weight is 699 g/mol. The van der Waals surface area contributed by atoms with Gasteiger partial charge in [-0.25, -0.2) is 35.2 Å². The van der Waals surface area contributed by atoms with E-state index in [9.17, 15) is 40.0 Å². The van der Waals surface area contributed by atoms with E-state index in [2.05, 4.69) is 0 Å². The third kappa shape index (κ3) is 8.51. The Morgan fingerprint density at radius 3 is 1.90 bits per heavy atom. The average Bonchev–Trinajstić information content (AvgIpc) is 3.02. The number of halogens is 5. The molecule has 0 aromatic heterocycles. The van der Waals surface area contributed by atoms with Crippen LogP contribution in [0.3, 0.4) is 0 Å². The van der Waals surface area contributed by atoms with Gasteiger partial charge in [-0.1, -0.05) is 44.4 Å². The summed E-state index contributed by atoms with van der Waals surface area (Å²) in [6.45, 7) is 6.95. The second kappa shape index (κ2) is 16.4. The van der Waals surface area contributed by atoms with Crippen molar-refractivity contribution in [3.8, 4) is 5.75 Å². The Hall–Kier alpha value is -4.04. The number of likely N-dealkylation sites (N-methyl/N-ethyl adjacent to an activating group) is 1. The lowest BCUT2D eigenvalue weighted by Gasteiger charge is -2.27. The first kappa shape index (κ1) is 38.4. The van der Waals surface area contributed by atoms with Gasteiger partial charge in [0.1, 0.15) is 11.3 Å². The second-order valence-corrected chi connectivity index (χ2v) is 13.4. The molecule has 0 saturated heterocycles. The minimum absolute atomic E-state index is 0.0281. The second-order valence-electron chi connectivity index (χ2n) is 11.4. The van der Waals surface area contributed by atoms with Crippen LogP contribution in [-0.4, -0.2) is 51.4 Å². The van der Waals surface area contributed by atoms with E-state index in [1.807, 2.05) is 13.8 Å². The molecule has 0 unspecified atom stereocenters. The smallest absolute Gasteiger partial charge is 0.341 e. The lowest BCUT2D eigenvalue weighted by Crippen LogP contribution is -2.41. The minimum atomic E-state index is -4.31. The normalized spacial score (nSPS) is 11.6. The molecule has 0 aliphatic heterocycles. The molecule has 14 heteroatoms. The first-order valence-corrected chi connectivity index (χ1v) is 16.8. The van der Waals surface area contributed by atoms with E-state index < -0.39 is 69.6 Å². The molecule has 0 atom stereocenters. The Kier molecular flexibility index (Phi) is 13.1. The monoisotopic (exact) mass is 698 g/mol. The molecule has 3 rings (SSSR count). The van der Waals surface area contributed by atoms with Gasteiger partial charge in [0, 0.05) is 24.4 Å². The molecule has 8 nitrogen and oxygen atoms in total. The number of benzene rings is 3. The molecule has 0 radical (unpaired) electrons. The van der Waals surface area contributed by atoms with Crippen LogP contribution in [0.25, 0.3) is 0 Å². The van der Waals surface area contributed by atoms with E-state index in [-0.39, 0.29) is 35.1 Å². The van der Waals surface area contributed by atoms with Crippen molar-refractivity contribution in [2.45, 2.75) is 71.7 Å². The van der Waals surface area contributed by atoms with E-state index in [0.29, 0.717) is 28.9 Å². The summed E-state index contributed by atoms with van der Waals surface area (Å²) in [6, 6.07) is 6.94. The van der Waals surface area contributed by atoms with Gasteiger partial charge in [-0.15, -0.1) is 0 Å². The molecule has 0 heterocycles. The van der Waals surface area contributed by atoms with E-state index >= 15 is 0 Å². The molecule has 48 heavy (non-hydrogen) atoms. The minimum Gasteiger partial charge on any atom is -0.493 e. The van der Waals surface area contributed by atoms with Crippen LogP contribution in [0, 0.1) is 49.9 Å². The first-order valence-electron chi connectivity index (χ1n) is 15.3. The van der Waals surface area contributed by atoms with E-state index in [4.69, 9.17) is 9.47 Å². The van der Waals surface area contributed by atoms with Crippen LogP contribution < -0.4 is 9.64 Å². The number of hydrogen-bond donors (Lipinski definition) is 0. The molecule has 0 fully saturated rings. The van der Waals surface area contributed by atoms with Gasteiger partial charge in [0.15, 0.2) is 23.3 Å². The fraction of sp³-hybridized carbons (Fsp3) is 0.412. The molecular formula is C34H39F5N2O6S. The molecule has 0 saturated carbocycles. The van der Waals surface area contributed by atoms with Crippen molar-refractivity contribution < 1.29 is 49.4 Å². The van der Waals surface area contributed by atoms with Crippen LogP contribution in [0.5, 0.6) is 5.75 Å². The standard InChI is InChI=1S/C34H39F5N2O6S/c1-7-9-13-46-26-17-23(11-12-24(26)34(43)47-14-10-8-2)41(18-25-28(35)30(37)32(39)31(38)29(25)36)27(42)19-40(6)48(44,45)33-21(4)15-20(3)16-22(33)5/h11-12,15-17H,7-10,13-14,18-19H2,1-6H3. The predicted molar refractivity (Wildman–Crippen MR) is 170 cm³/mol. The van der Waals surface area contributed by atoms with Gasteiger partial charge in [0.25, 0.3) is 0 Å². The lowest BCUT2D eigenvalue weighted by atomic mass is 10.1. The summed E-state index contributed by atoms with van der Waals surface area (Å²) in [4.78, 5) is 27.3. The molecule has 0 aliphatic carbocycles. The zero-order valence-electron chi connectivity index (χ0n) is 27.7. The Labute approximate surface area is 277 Å². The Morgan fingerprint density at radius 1 is 0.792 bits per heavy atom. The summed E-state index contributed by atoms with van der Waals surface area (Å²) in [5.41, 5.74) is 0.118. The molecule has 0 N–H and O–H groups in total. The maximum absolute atomic E-state index is 14.9. The van der Waals surface area contributed by atoms with Gasteiger partial charge in [0.05, 0.1) is 31.2 Å². The number of carbonyl (C=O) groups is 2. The number of nitrogens with zero attached hydrogens (tertiary/aromatic N) is 2. The number of anilines is 1. The highest BCUT2D eigenvalue weighted by Gasteiger charge is 2.32. The number of esters is 1. The zero-order valence-corrected chi connectivity index (χ0v) is 28.5. The quantitative estimate of drug-likeness (QED) is 0.0544. The van der Waals surface area contributed by atoms with Crippen LogP contribution in [-0.2, 0) is 26.1 Å². The van der Waals surface area contributed by atoms with Gasteiger partial charge in [-0.2, -0.15) is 4.31 Å². The third-order valence-corrected chi connectivity index (χ3v) is 9.64. The zero-order chi connectivity index (χ0) is 35.9. The van der Waals surface area contributed by atoms with Crippen LogP contribution in [0.15, 0.2) is 35.2 Å². The highest BCUT2D eigenvalue weighted by atomic mass is 32.2. The molecule has 0 spiro atoms. The topological polar surface area (TPSA) is 93.2 Å². The van der Waals surface area contributed by atoms with E-state index in [1.54, 1.807) is 32.9 Å². The molecule has 1 amide bonds. The molecule has 3 aromatic rings. The van der Waals surface area contributed by atoms with E-state index in [0.717, 1.165) is 29.8 Å². The van der Waals surface area contributed by atoms with E-state index in [1.165, 1.54) is 18.2 Å². The molecule has 0 bridgehead atoms. The predicted octanol–water partition coefficient (Wildman–Crippen LogP) is 7.30. The summed E-state index contributed by atoms with van der Waals surface area (Å²) < 4.78 is 111. The van der Waals surface area contributed by atoms with Crippen LogP contribution in [0.2, 0.25) is 0 Å². The highest BCUT2D eigenvalue weighted by Crippen LogP contribution is 2.32. The van der Waals surface area contributed by atoms with Crippen LogP contribution >= 0.6 is 0 Å². The summed E-state index contributed by atoms with van der Waals surface area (Å²) in [5, 5.41) is 0. The highest BCUT2D eigenvalue weighted by molar-refractivity contribution is 7.89. The molecule has 3 aromatic carbocycles. The maximum Gasteiger partial charge on any atom is 0.341 e. The van der Waals surface area contributed by atoms with Gasteiger partial charge in [0.2, 0.25) is 21.7 Å². The maximum atomic E-state index is 14.9. The summed E-state index contributed by atoms with van der Waals surface area (Å²) in [7, 11) is -3.18. The first-order chi connectivity index (χ1) is 22.6. The Balaban J connectivity index is 2.14. The van der Waals surface area contributed by atoms with Crippen molar-refractivity contribution in [3.63, 3.8) is 0 Å². The van der Waals surface area contributed by atoms with Gasteiger partial charge in [-0.05, 0) is 56.9 Å². The summed E-state index contributed by atoms with van der Waals surface area (Å²) in [5.74, 6) is -13.0. The number of amides is 1. The van der Waals surface area contributed by atoms with Crippen LogP contribution in [0.4, 0.5) is 27.6 Å². The number of sulfonamides is 1. The number of unbranched alkanes of at least 4 members (excludes halogenated alkanes) is 2. The van der Waals surface area contributed by atoms with Crippen molar-refractivity contribution in [1.29, 1.82) is 0 Å². The number of carbonyl (C=O) groups excluding carboxylic acids is 2. The van der Waals surface area contributed by atoms with Gasteiger partial charge < -0.3 is 14.4 Å². The summed E-state index contributed by atoms with van der Waals surface area (Å²) in [6.07, 6.45) is 2.65. The third-order valence-electron chi connectivity index (χ3n) is 7.53. The lowest BCUT2D eigenvalue weighted by molar-refractivity contribution is -0.118. The van der Waals surface area contributed by atoms with Gasteiger partial charge in [-0.3, -0.25) is 4.79 Å². The van der Waals surface area contributed by atoms with Gasteiger partial charge >= 0.3 is 5.97 Å². The Morgan fingerprint density at radius 2 is 1.33 bits per heavy atom. The number of aryl methyl sites for hydroxylation is 3.